The summed E-state index contributed by atoms with van der Waals surface area (Å²) in [5.74, 6) is 0.821. The van der Waals surface area contributed by atoms with E-state index in [-0.39, 0.29) is 30.1 Å². The molecule has 306 valence electrons. The van der Waals surface area contributed by atoms with Gasteiger partial charge >= 0.3 is 0 Å². The van der Waals surface area contributed by atoms with Crippen molar-refractivity contribution in [1.29, 1.82) is 0 Å². The summed E-state index contributed by atoms with van der Waals surface area (Å²) in [6.07, 6.45) is 8.29. The lowest BCUT2D eigenvalue weighted by atomic mass is 9.89. The van der Waals surface area contributed by atoms with Gasteiger partial charge in [-0.2, -0.15) is 4.31 Å². The molecule has 1 N–H and O–H groups in total. The second-order valence-corrected chi connectivity index (χ2v) is 23.7. The van der Waals surface area contributed by atoms with Gasteiger partial charge in [-0.1, -0.05) is 98.5 Å². The van der Waals surface area contributed by atoms with Crippen LogP contribution in [0, 0.1) is 10.1 Å². The van der Waals surface area contributed by atoms with Crippen LogP contribution in [0.25, 0.3) is 11.3 Å². The highest BCUT2D eigenvalue weighted by atomic mass is 32.2. The molecule has 0 saturated heterocycles. The van der Waals surface area contributed by atoms with Crippen LogP contribution in [0.5, 0.6) is 0 Å². The second-order valence-electron chi connectivity index (χ2n) is 16.2. The molecule has 0 spiro atoms. The second kappa shape index (κ2) is 18.7. The van der Waals surface area contributed by atoms with Crippen LogP contribution in [0.2, 0.25) is 25.7 Å². The number of hydrogen-bond donors (Lipinski definition) is 1. The molecule has 3 heterocycles. The standard InChI is InChI=1S/C45H51N7O5SSi/c1-59(2,3)28-27-57-33-42(45-48-29-39(49-45)36-13-5-4-6-14-36)51(41-19-11-15-37-16-12-26-47-44(37)41)31-35-23-21-34(22-24-35)30-50(32-38-17-9-10-25-46-38)58(55,56)43-20-8-7-18-40(43)52(53)54/h4-10,12-14,16-18,20-26,29,41-42H,11,15,19,27-28,30-33H2,1-3H3,(H,48,49). The van der Waals surface area contributed by atoms with Crippen molar-refractivity contribution in [1.82, 2.24) is 29.1 Å². The normalized spacial score (nSPS) is 15.0. The number of nitro groups is 1. The van der Waals surface area contributed by atoms with Gasteiger partial charge < -0.3 is 9.72 Å². The number of pyridine rings is 2. The zero-order chi connectivity index (χ0) is 41.4. The molecule has 0 saturated carbocycles. The first kappa shape index (κ1) is 41.8. The van der Waals surface area contributed by atoms with Crippen molar-refractivity contribution in [3.8, 4) is 11.3 Å². The number of nitro benzene ring substituents is 1. The van der Waals surface area contributed by atoms with Gasteiger partial charge in [-0.15, -0.1) is 0 Å². The maximum absolute atomic E-state index is 14.2. The fourth-order valence-electron chi connectivity index (χ4n) is 7.55. The minimum atomic E-state index is -4.31. The molecule has 6 aromatic rings. The van der Waals surface area contributed by atoms with Crippen LogP contribution in [-0.4, -0.2) is 63.8 Å². The molecular formula is C45H51N7O5SSi. The van der Waals surface area contributed by atoms with Gasteiger partial charge in [0, 0.05) is 46.2 Å². The third kappa shape index (κ3) is 10.4. The molecule has 2 atom stereocenters. The van der Waals surface area contributed by atoms with E-state index in [4.69, 9.17) is 14.7 Å². The van der Waals surface area contributed by atoms with E-state index in [0.717, 1.165) is 59.2 Å². The molecule has 7 rings (SSSR count). The zero-order valence-electron chi connectivity index (χ0n) is 33.8. The van der Waals surface area contributed by atoms with Gasteiger partial charge in [0.2, 0.25) is 0 Å². The molecule has 3 aromatic carbocycles. The summed E-state index contributed by atoms with van der Waals surface area (Å²) < 4.78 is 36.2. The molecule has 14 heteroatoms. The van der Waals surface area contributed by atoms with Gasteiger partial charge in [0.1, 0.15) is 5.82 Å². The van der Waals surface area contributed by atoms with Crippen LogP contribution in [0.15, 0.2) is 133 Å². The van der Waals surface area contributed by atoms with Crippen molar-refractivity contribution in [2.45, 2.75) is 81.6 Å². The van der Waals surface area contributed by atoms with Crippen LogP contribution >= 0.6 is 0 Å². The van der Waals surface area contributed by atoms with Crippen LogP contribution in [-0.2, 0) is 40.8 Å². The number of sulfonamides is 1. The summed E-state index contributed by atoms with van der Waals surface area (Å²) in [6, 6.07) is 33.8. The summed E-state index contributed by atoms with van der Waals surface area (Å²) in [5, 5.41) is 11.9. The van der Waals surface area contributed by atoms with Gasteiger partial charge in [-0.25, -0.2) is 13.4 Å². The molecule has 0 radical (unpaired) electrons. The Labute approximate surface area is 347 Å². The molecule has 12 nitrogen and oxygen atoms in total. The number of ether oxygens (including phenoxy) is 1. The average Bonchev–Trinajstić information content (AvgIpc) is 3.74. The Hall–Kier alpha value is -5.38. The number of H-pyrrole nitrogens is 1. The van der Waals surface area contributed by atoms with Crippen molar-refractivity contribution in [3.63, 3.8) is 0 Å². The maximum atomic E-state index is 14.2. The first-order valence-corrected chi connectivity index (χ1v) is 25.2. The molecule has 0 aliphatic heterocycles. The lowest BCUT2D eigenvalue weighted by Gasteiger charge is -2.39. The van der Waals surface area contributed by atoms with Gasteiger partial charge in [0.25, 0.3) is 15.7 Å². The molecule has 0 amide bonds. The van der Waals surface area contributed by atoms with E-state index in [2.05, 4.69) is 52.7 Å². The fourth-order valence-corrected chi connectivity index (χ4v) is 9.86. The summed E-state index contributed by atoms with van der Waals surface area (Å²) in [5.41, 5.74) is 6.11. The summed E-state index contributed by atoms with van der Waals surface area (Å²) in [6.45, 7) is 8.64. The Morgan fingerprint density at radius 1 is 0.847 bits per heavy atom. The lowest BCUT2D eigenvalue weighted by Crippen LogP contribution is -2.38. The Morgan fingerprint density at radius 2 is 1.56 bits per heavy atom. The molecular weight excluding hydrogens is 779 g/mol. The third-order valence-corrected chi connectivity index (χ3v) is 14.3. The number of para-hydroxylation sites is 1. The third-order valence-electron chi connectivity index (χ3n) is 10.7. The Morgan fingerprint density at radius 3 is 2.29 bits per heavy atom. The highest BCUT2D eigenvalue weighted by Crippen LogP contribution is 2.39. The van der Waals surface area contributed by atoms with E-state index in [1.54, 1.807) is 24.4 Å². The molecule has 2 unspecified atom stereocenters. The van der Waals surface area contributed by atoms with E-state index in [0.29, 0.717) is 25.5 Å². The number of nitrogens with one attached hydrogen (secondary N) is 1. The first-order valence-electron chi connectivity index (χ1n) is 20.1. The van der Waals surface area contributed by atoms with Crippen molar-refractivity contribution in [2.75, 3.05) is 13.2 Å². The summed E-state index contributed by atoms with van der Waals surface area (Å²) in [7, 11) is -5.65. The smallest absolute Gasteiger partial charge is 0.289 e. The van der Waals surface area contributed by atoms with Crippen LogP contribution < -0.4 is 0 Å². The minimum Gasteiger partial charge on any atom is -0.380 e. The van der Waals surface area contributed by atoms with Gasteiger partial charge in [-0.3, -0.25) is 25.0 Å². The number of aromatic amines is 1. The molecule has 1 aliphatic rings. The number of rotatable bonds is 18. The van der Waals surface area contributed by atoms with Gasteiger partial charge in [0.15, 0.2) is 4.90 Å². The quantitative estimate of drug-likeness (QED) is 0.0388. The van der Waals surface area contributed by atoms with E-state index in [1.165, 1.54) is 34.1 Å². The molecule has 0 fully saturated rings. The van der Waals surface area contributed by atoms with Crippen LogP contribution in [0.3, 0.4) is 0 Å². The number of hydrogen-bond acceptors (Lipinski definition) is 9. The lowest BCUT2D eigenvalue weighted by molar-refractivity contribution is -0.387. The fraction of sp³-hybridized carbons (Fsp3) is 0.311. The zero-order valence-corrected chi connectivity index (χ0v) is 35.6. The average molecular weight is 830 g/mol. The van der Waals surface area contributed by atoms with Crippen molar-refractivity contribution >= 4 is 23.8 Å². The van der Waals surface area contributed by atoms with E-state index in [9.17, 15) is 18.5 Å². The van der Waals surface area contributed by atoms with Crippen molar-refractivity contribution in [2.24, 2.45) is 0 Å². The highest BCUT2D eigenvalue weighted by molar-refractivity contribution is 7.89. The number of fused-ring (bicyclic) bond motifs is 1. The van der Waals surface area contributed by atoms with Crippen molar-refractivity contribution in [3.05, 3.63) is 172 Å². The number of imidazole rings is 1. The Bertz CT molecular complexity index is 2430. The molecule has 59 heavy (non-hydrogen) atoms. The number of aryl methyl sites for hydroxylation is 1. The van der Waals surface area contributed by atoms with Gasteiger partial charge in [0.05, 0.1) is 53.4 Å². The largest absolute Gasteiger partial charge is 0.380 e. The summed E-state index contributed by atoms with van der Waals surface area (Å²) in [4.78, 5) is 31.3. The monoisotopic (exact) mass is 829 g/mol. The maximum Gasteiger partial charge on any atom is 0.289 e. The van der Waals surface area contributed by atoms with Crippen LogP contribution in [0.1, 0.15) is 58.8 Å². The van der Waals surface area contributed by atoms with E-state index in [1.807, 2.05) is 60.9 Å². The highest BCUT2D eigenvalue weighted by Gasteiger charge is 2.35. The van der Waals surface area contributed by atoms with E-state index >= 15 is 0 Å². The predicted octanol–water partition coefficient (Wildman–Crippen LogP) is 9.14. The topological polar surface area (TPSA) is 147 Å². The van der Waals surface area contributed by atoms with Crippen LogP contribution in [0.4, 0.5) is 5.69 Å². The molecule has 1 aliphatic carbocycles. The van der Waals surface area contributed by atoms with Gasteiger partial charge in [-0.05, 0) is 71.8 Å². The minimum absolute atomic E-state index is 0.00355. The Kier molecular flexibility index (Phi) is 13.2. The number of aromatic nitrogens is 4. The SMILES string of the molecule is C[Si](C)(C)CCOCC(c1ncc(-c2ccccc2)[nH]1)N(Cc1ccc(CN(Cc2ccccn2)S(=O)(=O)c2ccccc2[N+](=O)[O-])cc1)C1CCCc2cccnc21. The Balaban J connectivity index is 1.22. The summed E-state index contributed by atoms with van der Waals surface area (Å²) >= 11 is 0. The van der Waals surface area contributed by atoms with Crippen molar-refractivity contribution < 1.29 is 18.1 Å². The number of nitrogens with zero attached hydrogens (tertiary/aromatic N) is 6. The van der Waals surface area contributed by atoms with E-state index < -0.39 is 28.7 Å². The molecule has 0 bridgehead atoms. The first-order chi connectivity index (χ1) is 28.5. The predicted molar refractivity (Wildman–Crippen MR) is 231 cm³/mol. The molecule has 3 aromatic heterocycles. The number of benzene rings is 3.